The summed E-state index contributed by atoms with van der Waals surface area (Å²) in [4.78, 5) is 1.64. The summed E-state index contributed by atoms with van der Waals surface area (Å²) in [5.74, 6) is 0.356. The number of piperidine rings is 1. The molecule has 1 unspecified atom stereocenters. The minimum atomic E-state index is -2.89. The van der Waals surface area contributed by atoms with Crippen LogP contribution in [-0.2, 0) is 9.84 Å². The molecule has 1 aliphatic rings. The fourth-order valence-electron chi connectivity index (χ4n) is 1.72. The van der Waals surface area contributed by atoms with Crippen molar-refractivity contribution in [3.63, 3.8) is 0 Å². The molecule has 0 bridgehead atoms. The summed E-state index contributed by atoms with van der Waals surface area (Å²) in [6, 6.07) is 0. The van der Waals surface area contributed by atoms with Gasteiger partial charge in [0.15, 0.2) is 6.19 Å². The Hall–Kier alpha value is -0.760. The third-order valence-electron chi connectivity index (χ3n) is 2.20. The molecule has 1 fully saturated rings. The van der Waals surface area contributed by atoms with Crippen LogP contribution in [0.1, 0.15) is 12.8 Å². The molecule has 5 heteroatoms. The fourth-order valence-corrected chi connectivity index (χ4v) is 2.85. The number of hydrogen-bond acceptors (Lipinski definition) is 4. The van der Waals surface area contributed by atoms with Crippen molar-refractivity contribution in [3.05, 3.63) is 0 Å². The summed E-state index contributed by atoms with van der Waals surface area (Å²) in [5.41, 5.74) is 0. The van der Waals surface area contributed by atoms with Crippen LogP contribution in [0.5, 0.6) is 0 Å². The fraction of sp³-hybridized carbons (Fsp3) is 0.875. The molecule has 0 radical (unpaired) electrons. The molecule has 1 aliphatic heterocycles. The van der Waals surface area contributed by atoms with E-state index in [4.69, 9.17) is 5.26 Å². The number of likely N-dealkylation sites (tertiary alicyclic amines) is 1. The lowest BCUT2D eigenvalue weighted by molar-refractivity contribution is 0.259. The van der Waals surface area contributed by atoms with Crippen molar-refractivity contribution in [1.29, 1.82) is 5.26 Å². The zero-order valence-electron chi connectivity index (χ0n) is 7.73. The van der Waals surface area contributed by atoms with E-state index in [-0.39, 0.29) is 11.7 Å². The third-order valence-corrected chi connectivity index (χ3v) is 3.28. The summed E-state index contributed by atoms with van der Waals surface area (Å²) < 4.78 is 22.0. The maximum absolute atomic E-state index is 11.0. The predicted octanol–water partition coefficient (Wildman–Crippen LogP) is 0.224. The first-order chi connectivity index (χ1) is 6.01. The molecule has 0 saturated carbocycles. The van der Waals surface area contributed by atoms with Gasteiger partial charge in [-0.1, -0.05) is 0 Å². The Morgan fingerprint density at radius 3 is 2.85 bits per heavy atom. The minimum Gasteiger partial charge on any atom is -0.310 e. The Morgan fingerprint density at radius 1 is 1.62 bits per heavy atom. The van der Waals surface area contributed by atoms with E-state index in [1.807, 2.05) is 0 Å². The van der Waals surface area contributed by atoms with E-state index >= 15 is 0 Å². The highest BCUT2D eigenvalue weighted by Crippen LogP contribution is 2.16. The molecule has 0 amide bonds. The highest BCUT2D eigenvalue weighted by molar-refractivity contribution is 7.90. The van der Waals surface area contributed by atoms with Crippen molar-refractivity contribution in [2.45, 2.75) is 12.8 Å². The smallest absolute Gasteiger partial charge is 0.179 e. The van der Waals surface area contributed by atoms with E-state index < -0.39 is 9.84 Å². The van der Waals surface area contributed by atoms with Crippen LogP contribution in [0.25, 0.3) is 0 Å². The van der Waals surface area contributed by atoms with Gasteiger partial charge in [-0.25, -0.2) is 8.42 Å². The molecule has 4 nitrogen and oxygen atoms in total. The van der Waals surface area contributed by atoms with E-state index in [9.17, 15) is 8.42 Å². The molecule has 0 aromatic heterocycles. The number of rotatable bonds is 2. The summed E-state index contributed by atoms with van der Waals surface area (Å²) in [6.45, 7) is 1.38. The van der Waals surface area contributed by atoms with Crippen LogP contribution in [0, 0.1) is 17.4 Å². The molecule has 1 atom stereocenters. The summed E-state index contributed by atoms with van der Waals surface area (Å²) >= 11 is 0. The minimum absolute atomic E-state index is 0.142. The molecule has 1 saturated heterocycles. The molecule has 0 spiro atoms. The predicted molar refractivity (Wildman–Crippen MR) is 49.6 cm³/mol. The normalized spacial score (nSPS) is 24.0. The Bertz CT molecular complexity index is 305. The second-order valence-electron chi connectivity index (χ2n) is 3.65. The van der Waals surface area contributed by atoms with Crippen molar-refractivity contribution in [1.82, 2.24) is 4.90 Å². The number of hydrogen-bond donors (Lipinski definition) is 0. The lowest BCUT2D eigenvalue weighted by Crippen LogP contribution is -2.34. The molecule has 0 aliphatic carbocycles. The van der Waals surface area contributed by atoms with Gasteiger partial charge in [-0.3, -0.25) is 0 Å². The van der Waals surface area contributed by atoms with Gasteiger partial charge >= 0.3 is 0 Å². The zero-order chi connectivity index (χ0) is 9.90. The van der Waals surface area contributed by atoms with Crippen molar-refractivity contribution in [2.75, 3.05) is 25.1 Å². The molecule has 1 heterocycles. The Balaban J connectivity index is 2.49. The van der Waals surface area contributed by atoms with Gasteiger partial charge in [-0.05, 0) is 18.8 Å². The lowest BCUT2D eigenvalue weighted by Gasteiger charge is -2.27. The zero-order valence-corrected chi connectivity index (χ0v) is 8.55. The van der Waals surface area contributed by atoms with Crippen molar-refractivity contribution >= 4 is 9.84 Å². The molecule has 0 N–H and O–H groups in total. The first-order valence-corrected chi connectivity index (χ1v) is 6.40. The van der Waals surface area contributed by atoms with Crippen LogP contribution in [0.3, 0.4) is 0 Å². The first-order valence-electron chi connectivity index (χ1n) is 4.33. The summed E-state index contributed by atoms with van der Waals surface area (Å²) in [5, 5.41) is 8.63. The van der Waals surface area contributed by atoms with Gasteiger partial charge in [0.05, 0.1) is 5.75 Å². The maximum atomic E-state index is 11.0. The van der Waals surface area contributed by atoms with E-state index in [1.54, 1.807) is 4.90 Å². The Kier molecular flexibility index (Phi) is 3.15. The van der Waals surface area contributed by atoms with Gasteiger partial charge in [0, 0.05) is 19.3 Å². The van der Waals surface area contributed by atoms with Crippen LogP contribution < -0.4 is 0 Å². The SMILES string of the molecule is CS(=O)(=O)CC1CCCN(C#N)C1. The van der Waals surface area contributed by atoms with Crippen LogP contribution in [0.15, 0.2) is 0 Å². The molecule has 74 valence electrons. The second-order valence-corrected chi connectivity index (χ2v) is 5.83. The van der Waals surface area contributed by atoms with Crippen LogP contribution in [0.4, 0.5) is 0 Å². The monoisotopic (exact) mass is 202 g/mol. The third kappa shape index (κ3) is 3.64. The quantitative estimate of drug-likeness (QED) is 0.601. The van der Waals surface area contributed by atoms with Crippen LogP contribution in [0.2, 0.25) is 0 Å². The summed E-state index contributed by atoms with van der Waals surface area (Å²) in [6.07, 6.45) is 5.15. The number of sulfone groups is 1. The molecular formula is C8H14N2O2S. The van der Waals surface area contributed by atoms with E-state index in [0.29, 0.717) is 6.54 Å². The van der Waals surface area contributed by atoms with Gasteiger partial charge in [0.25, 0.3) is 0 Å². The Morgan fingerprint density at radius 2 is 2.31 bits per heavy atom. The summed E-state index contributed by atoms with van der Waals surface area (Å²) in [7, 11) is -2.89. The van der Waals surface area contributed by atoms with Gasteiger partial charge in [0.1, 0.15) is 9.84 Å². The van der Waals surface area contributed by atoms with Crippen molar-refractivity contribution < 1.29 is 8.42 Å². The average molecular weight is 202 g/mol. The molecule has 0 aromatic rings. The van der Waals surface area contributed by atoms with Gasteiger partial charge in [-0.2, -0.15) is 5.26 Å². The standard InChI is InChI=1S/C8H14N2O2S/c1-13(11,12)6-8-3-2-4-10(5-8)7-9/h8H,2-6H2,1H3. The van der Waals surface area contributed by atoms with Crippen LogP contribution in [-0.4, -0.2) is 38.4 Å². The average Bonchev–Trinajstić information content (AvgIpc) is 2.01. The van der Waals surface area contributed by atoms with Gasteiger partial charge in [-0.15, -0.1) is 0 Å². The maximum Gasteiger partial charge on any atom is 0.179 e. The number of nitriles is 1. The molecule has 0 aromatic carbocycles. The Labute approximate surface area is 79.1 Å². The highest BCUT2D eigenvalue weighted by Gasteiger charge is 2.22. The van der Waals surface area contributed by atoms with Crippen LogP contribution >= 0.6 is 0 Å². The van der Waals surface area contributed by atoms with Gasteiger partial charge in [0.2, 0.25) is 0 Å². The lowest BCUT2D eigenvalue weighted by atomic mass is 10.0. The van der Waals surface area contributed by atoms with E-state index in [0.717, 1.165) is 19.4 Å². The first kappa shape index (κ1) is 10.3. The van der Waals surface area contributed by atoms with E-state index in [1.165, 1.54) is 6.26 Å². The highest BCUT2D eigenvalue weighted by atomic mass is 32.2. The molecular weight excluding hydrogens is 188 g/mol. The van der Waals surface area contributed by atoms with E-state index in [2.05, 4.69) is 6.19 Å². The largest absolute Gasteiger partial charge is 0.310 e. The molecule has 13 heavy (non-hydrogen) atoms. The van der Waals surface area contributed by atoms with Gasteiger partial charge < -0.3 is 4.90 Å². The topological polar surface area (TPSA) is 61.2 Å². The molecule has 1 rings (SSSR count). The van der Waals surface area contributed by atoms with Crippen molar-refractivity contribution in [2.24, 2.45) is 5.92 Å². The second kappa shape index (κ2) is 3.97. The van der Waals surface area contributed by atoms with Crippen molar-refractivity contribution in [3.8, 4) is 6.19 Å². The number of nitrogens with zero attached hydrogens (tertiary/aromatic N) is 2.